The lowest BCUT2D eigenvalue weighted by atomic mass is 9.55. The Labute approximate surface area is 125 Å². The number of aliphatic hydroxyl groups excluding tert-OH is 2. The molecule has 1 aliphatic carbocycles. The van der Waals surface area contributed by atoms with E-state index in [1.54, 1.807) is 12.2 Å². The van der Waals surface area contributed by atoms with Gasteiger partial charge in [0.2, 0.25) is 5.79 Å². The summed E-state index contributed by atoms with van der Waals surface area (Å²) < 4.78 is 6.09. The van der Waals surface area contributed by atoms with Gasteiger partial charge in [0.1, 0.15) is 5.76 Å². The lowest BCUT2D eigenvalue weighted by Crippen LogP contribution is -2.78. The van der Waals surface area contributed by atoms with E-state index < -0.39 is 16.8 Å². The van der Waals surface area contributed by atoms with Gasteiger partial charge in [-0.15, -0.1) is 0 Å². The summed E-state index contributed by atoms with van der Waals surface area (Å²) in [5, 5.41) is 19.7. The van der Waals surface area contributed by atoms with Crippen LogP contribution in [0.25, 0.3) is 0 Å². The molecule has 3 aliphatic rings. The molecular formula is C16H24O5. The second kappa shape index (κ2) is 4.32. The Morgan fingerprint density at radius 2 is 2.05 bits per heavy atom. The first-order chi connectivity index (χ1) is 9.72. The molecule has 2 fully saturated rings. The van der Waals surface area contributed by atoms with Crippen molar-refractivity contribution in [1.82, 2.24) is 0 Å². The smallest absolute Gasteiger partial charge is 0.242 e. The highest BCUT2D eigenvalue weighted by molar-refractivity contribution is 5.27. The first-order valence-corrected chi connectivity index (χ1v) is 7.41. The average Bonchev–Trinajstić information content (AvgIpc) is 2.53. The van der Waals surface area contributed by atoms with E-state index in [9.17, 15) is 10.2 Å². The average molecular weight is 296 g/mol. The lowest BCUT2D eigenvalue weighted by Gasteiger charge is -2.63. The molecule has 3 atom stereocenters. The third-order valence-electron chi connectivity index (χ3n) is 5.27. The van der Waals surface area contributed by atoms with E-state index in [2.05, 4.69) is 13.8 Å². The summed E-state index contributed by atoms with van der Waals surface area (Å²) in [4.78, 5) is 11.2. The highest BCUT2D eigenvalue weighted by atomic mass is 17.3. The lowest BCUT2D eigenvalue weighted by molar-refractivity contribution is -0.626. The molecule has 0 radical (unpaired) electrons. The topological polar surface area (TPSA) is 68.2 Å². The van der Waals surface area contributed by atoms with Gasteiger partial charge in [0, 0.05) is 16.7 Å². The van der Waals surface area contributed by atoms with E-state index in [1.165, 1.54) is 0 Å². The standard InChI is InChI=1S/C16H24O5/c1-13(2,9-17)16-14(3,4)10-19-15(16,20-21-16)11-6-5-7-12(18)8-11/h5,7-8,11,17-18H,6,9-10H2,1-4H3. The molecule has 118 valence electrons. The zero-order valence-electron chi connectivity index (χ0n) is 13.0. The molecule has 0 spiro atoms. The predicted molar refractivity (Wildman–Crippen MR) is 76.2 cm³/mol. The van der Waals surface area contributed by atoms with Crippen molar-refractivity contribution in [3.63, 3.8) is 0 Å². The van der Waals surface area contributed by atoms with Crippen LogP contribution in [0.3, 0.4) is 0 Å². The van der Waals surface area contributed by atoms with Gasteiger partial charge in [-0.05, 0) is 18.6 Å². The van der Waals surface area contributed by atoms with E-state index in [-0.39, 0.29) is 23.7 Å². The number of aliphatic hydroxyl groups is 2. The Kier molecular flexibility index (Phi) is 3.09. The van der Waals surface area contributed by atoms with Crippen LogP contribution in [0.4, 0.5) is 0 Å². The van der Waals surface area contributed by atoms with Crippen LogP contribution in [0.2, 0.25) is 0 Å². The minimum Gasteiger partial charge on any atom is -0.508 e. The first kappa shape index (κ1) is 15.0. The summed E-state index contributed by atoms with van der Waals surface area (Å²) in [5.41, 5.74) is -1.63. The molecule has 2 N–H and O–H groups in total. The molecule has 2 heterocycles. The highest BCUT2D eigenvalue weighted by Crippen LogP contribution is 2.68. The molecule has 0 amide bonds. The number of hydrogen-bond donors (Lipinski definition) is 2. The maximum Gasteiger partial charge on any atom is 0.242 e. The Hall–Kier alpha value is -0.880. The largest absolute Gasteiger partial charge is 0.508 e. The van der Waals surface area contributed by atoms with Gasteiger partial charge in [0.25, 0.3) is 0 Å². The van der Waals surface area contributed by atoms with Crippen molar-refractivity contribution in [2.75, 3.05) is 13.2 Å². The van der Waals surface area contributed by atoms with Gasteiger partial charge in [-0.1, -0.05) is 33.8 Å². The van der Waals surface area contributed by atoms with Crippen LogP contribution in [-0.2, 0) is 14.5 Å². The molecule has 3 rings (SSSR count). The molecule has 0 bridgehead atoms. The SMILES string of the molecule is CC(C)(CO)C12OOC1(C1C=C(O)C=CC1)OCC2(C)C. The van der Waals surface area contributed by atoms with Crippen molar-refractivity contribution in [1.29, 1.82) is 0 Å². The molecule has 0 aromatic rings. The molecule has 3 unspecified atom stereocenters. The zero-order valence-corrected chi connectivity index (χ0v) is 13.0. The van der Waals surface area contributed by atoms with Gasteiger partial charge in [-0.25, -0.2) is 4.89 Å². The number of rotatable bonds is 3. The van der Waals surface area contributed by atoms with Crippen molar-refractivity contribution in [3.05, 3.63) is 24.0 Å². The summed E-state index contributed by atoms with van der Waals surface area (Å²) in [6.07, 6.45) is 6.03. The van der Waals surface area contributed by atoms with E-state index in [1.807, 2.05) is 19.9 Å². The van der Waals surface area contributed by atoms with Crippen molar-refractivity contribution >= 4 is 0 Å². The third-order valence-corrected chi connectivity index (χ3v) is 5.27. The summed E-state index contributed by atoms with van der Waals surface area (Å²) in [6.45, 7) is 8.49. The molecule has 21 heavy (non-hydrogen) atoms. The van der Waals surface area contributed by atoms with Crippen LogP contribution in [0.1, 0.15) is 34.1 Å². The highest BCUT2D eigenvalue weighted by Gasteiger charge is 2.83. The fourth-order valence-corrected chi connectivity index (χ4v) is 4.28. The normalized spacial score (nSPS) is 41.4. The maximum atomic E-state index is 9.90. The van der Waals surface area contributed by atoms with Crippen molar-refractivity contribution in [2.24, 2.45) is 16.7 Å². The van der Waals surface area contributed by atoms with Crippen molar-refractivity contribution in [3.8, 4) is 0 Å². The van der Waals surface area contributed by atoms with Crippen molar-refractivity contribution < 1.29 is 24.7 Å². The van der Waals surface area contributed by atoms with Gasteiger partial charge >= 0.3 is 0 Å². The Balaban J connectivity index is 2.09. The van der Waals surface area contributed by atoms with Crippen LogP contribution in [0, 0.1) is 16.7 Å². The van der Waals surface area contributed by atoms with Crippen LogP contribution in [0.5, 0.6) is 0 Å². The summed E-state index contributed by atoms with van der Waals surface area (Å²) >= 11 is 0. The summed E-state index contributed by atoms with van der Waals surface area (Å²) in [5.74, 6) is -0.912. The minimum atomic E-state index is -0.971. The summed E-state index contributed by atoms with van der Waals surface area (Å²) in [6, 6.07) is 0. The van der Waals surface area contributed by atoms with Gasteiger partial charge < -0.3 is 14.9 Å². The van der Waals surface area contributed by atoms with E-state index >= 15 is 0 Å². The molecular weight excluding hydrogens is 272 g/mol. The minimum absolute atomic E-state index is 0.0385. The number of allylic oxidation sites excluding steroid dienone is 2. The maximum absolute atomic E-state index is 9.90. The van der Waals surface area contributed by atoms with E-state index in [0.717, 1.165) is 0 Å². The van der Waals surface area contributed by atoms with Gasteiger partial charge in [0.05, 0.1) is 13.2 Å². The molecule has 2 saturated heterocycles. The third kappa shape index (κ3) is 1.60. The Morgan fingerprint density at radius 3 is 2.57 bits per heavy atom. The van der Waals surface area contributed by atoms with Crippen LogP contribution in [-0.4, -0.2) is 34.8 Å². The van der Waals surface area contributed by atoms with Crippen LogP contribution >= 0.6 is 0 Å². The van der Waals surface area contributed by atoms with Crippen molar-refractivity contribution in [2.45, 2.75) is 45.5 Å². The fraction of sp³-hybridized carbons (Fsp3) is 0.750. The molecule has 5 nitrogen and oxygen atoms in total. The molecule has 0 aromatic heterocycles. The fourth-order valence-electron chi connectivity index (χ4n) is 4.28. The second-order valence-corrected chi connectivity index (χ2v) is 7.57. The van der Waals surface area contributed by atoms with Crippen LogP contribution < -0.4 is 0 Å². The van der Waals surface area contributed by atoms with E-state index in [0.29, 0.717) is 13.0 Å². The van der Waals surface area contributed by atoms with E-state index in [4.69, 9.17) is 14.5 Å². The number of ether oxygens (including phenoxy) is 1. The molecule has 5 heteroatoms. The Morgan fingerprint density at radius 1 is 1.33 bits per heavy atom. The monoisotopic (exact) mass is 296 g/mol. The van der Waals surface area contributed by atoms with Crippen LogP contribution in [0.15, 0.2) is 24.0 Å². The second-order valence-electron chi connectivity index (χ2n) is 7.57. The Bertz CT molecular complexity index is 507. The quantitative estimate of drug-likeness (QED) is 0.783. The molecule has 0 aromatic carbocycles. The predicted octanol–water partition coefficient (Wildman–Crippen LogP) is 2.48. The number of fused-ring (bicyclic) bond motifs is 1. The number of hydrogen-bond acceptors (Lipinski definition) is 5. The zero-order chi connectivity index (χ0) is 15.5. The van der Waals surface area contributed by atoms with Gasteiger partial charge in [-0.3, -0.25) is 0 Å². The van der Waals surface area contributed by atoms with Gasteiger partial charge in [-0.2, -0.15) is 4.89 Å². The first-order valence-electron chi connectivity index (χ1n) is 7.41. The molecule has 2 aliphatic heterocycles. The van der Waals surface area contributed by atoms with Gasteiger partial charge in [0.15, 0.2) is 5.60 Å². The molecule has 0 saturated carbocycles. The summed E-state index contributed by atoms with van der Waals surface area (Å²) in [7, 11) is 0.